The van der Waals surface area contributed by atoms with E-state index in [1.54, 1.807) is 44.6 Å². The Balaban J connectivity index is 2.16. The summed E-state index contributed by atoms with van der Waals surface area (Å²) in [5.41, 5.74) is 2.83. The number of rotatable bonds is 5. The Bertz CT molecular complexity index is 770. The van der Waals surface area contributed by atoms with Gasteiger partial charge in [0.2, 0.25) is 0 Å². The summed E-state index contributed by atoms with van der Waals surface area (Å²) in [5.74, 6) is 0.890. The fourth-order valence-corrected chi connectivity index (χ4v) is 2.39. The SMILES string of the molecule is COC(=O)c1ccc(C)c(NC(=S)Nc2cc(OC)cc(OC)c2)c1. The van der Waals surface area contributed by atoms with E-state index in [4.69, 9.17) is 26.4 Å². The standard InChI is InChI=1S/C18H20N2O4S/c1-11-5-6-12(17(21)24-4)7-16(11)20-18(25)19-13-8-14(22-2)10-15(9-13)23-3/h5-10H,1-4H3,(H2,19,20,25). The number of carbonyl (C=O) groups excluding carboxylic acids is 1. The van der Waals surface area contributed by atoms with E-state index in [2.05, 4.69) is 10.6 Å². The zero-order valence-electron chi connectivity index (χ0n) is 14.5. The van der Waals surface area contributed by atoms with Gasteiger partial charge in [-0.15, -0.1) is 0 Å². The quantitative estimate of drug-likeness (QED) is 0.623. The van der Waals surface area contributed by atoms with Gasteiger partial charge in [0.25, 0.3) is 0 Å². The second-order valence-corrected chi connectivity index (χ2v) is 5.61. The molecule has 0 saturated heterocycles. The fourth-order valence-electron chi connectivity index (χ4n) is 2.17. The van der Waals surface area contributed by atoms with Gasteiger partial charge in [-0.3, -0.25) is 0 Å². The van der Waals surface area contributed by atoms with Crippen molar-refractivity contribution in [1.82, 2.24) is 0 Å². The molecule has 6 nitrogen and oxygen atoms in total. The van der Waals surface area contributed by atoms with Crippen LogP contribution in [0, 0.1) is 6.92 Å². The van der Waals surface area contributed by atoms with Crippen LogP contribution in [-0.4, -0.2) is 32.4 Å². The summed E-state index contributed by atoms with van der Waals surface area (Å²) in [6.45, 7) is 1.92. The van der Waals surface area contributed by atoms with E-state index in [0.717, 1.165) is 16.9 Å². The van der Waals surface area contributed by atoms with Gasteiger partial charge in [-0.25, -0.2) is 4.79 Å². The molecule has 0 amide bonds. The molecule has 0 aliphatic heterocycles. The predicted molar refractivity (Wildman–Crippen MR) is 102 cm³/mol. The van der Waals surface area contributed by atoms with Gasteiger partial charge in [-0.2, -0.15) is 0 Å². The molecule has 0 bridgehead atoms. The second kappa shape index (κ2) is 8.34. The first kappa shape index (κ1) is 18.5. The van der Waals surface area contributed by atoms with Crippen LogP contribution in [0.15, 0.2) is 36.4 Å². The highest BCUT2D eigenvalue weighted by Crippen LogP contribution is 2.26. The molecule has 2 rings (SSSR count). The summed E-state index contributed by atoms with van der Waals surface area (Å²) in [6.07, 6.45) is 0. The van der Waals surface area contributed by atoms with Crippen LogP contribution < -0.4 is 20.1 Å². The van der Waals surface area contributed by atoms with Crippen molar-refractivity contribution in [3.05, 3.63) is 47.5 Å². The second-order valence-electron chi connectivity index (χ2n) is 5.20. The summed E-state index contributed by atoms with van der Waals surface area (Å²) < 4.78 is 15.2. The molecule has 0 aliphatic carbocycles. The number of benzene rings is 2. The molecule has 0 radical (unpaired) electrons. The van der Waals surface area contributed by atoms with E-state index in [9.17, 15) is 4.79 Å². The number of hydrogen-bond donors (Lipinski definition) is 2. The Labute approximate surface area is 152 Å². The van der Waals surface area contributed by atoms with Crippen molar-refractivity contribution in [2.75, 3.05) is 32.0 Å². The number of thiocarbonyl (C=S) groups is 1. The summed E-state index contributed by atoms with van der Waals surface area (Å²) in [5, 5.41) is 6.53. The van der Waals surface area contributed by atoms with Crippen molar-refractivity contribution in [3.63, 3.8) is 0 Å². The zero-order valence-corrected chi connectivity index (χ0v) is 15.3. The van der Waals surface area contributed by atoms with Crippen LogP contribution in [0.2, 0.25) is 0 Å². The average Bonchev–Trinajstić information content (AvgIpc) is 2.62. The third kappa shape index (κ3) is 4.84. The van der Waals surface area contributed by atoms with E-state index < -0.39 is 5.97 Å². The number of carbonyl (C=O) groups is 1. The summed E-state index contributed by atoms with van der Waals surface area (Å²) in [4.78, 5) is 11.7. The first-order valence-corrected chi connectivity index (χ1v) is 7.87. The molecule has 0 heterocycles. The van der Waals surface area contributed by atoms with Crippen LogP contribution in [0.5, 0.6) is 11.5 Å². The largest absolute Gasteiger partial charge is 0.497 e. The summed E-state index contributed by atoms with van der Waals surface area (Å²) in [7, 11) is 4.51. The Morgan fingerprint density at radius 3 is 2.16 bits per heavy atom. The molecule has 0 aliphatic rings. The molecule has 0 fully saturated rings. The molecular weight excluding hydrogens is 340 g/mol. The predicted octanol–water partition coefficient (Wildman–Crippen LogP) is 3.61. The molecule has 0 atom stereocenters. The minimum atomic E-state index is -0.403. The summed E-state index contributed by atoms with van der Waals surface area (Å²) in [6, 6.07) is 10.6. The molecule has 0 saturated carbocycles. The molecular formula is C18H20N2O4S. The van der Waals surface area contributed by atoms with Gasteiger partial charge < -0.3 is 24.8 Å². The van der Waals surface area contributed by atoms with E-state index >= 15 is 0 Å². The molecule has 0 unspecified atom stereocenters. The molecule has 132 valence electrons. The van der Waals surface area contributed by atoms with Crippen molar-refractivity contribution < 1.29 is 19.0 Å². The molecule has 2 N–H and O–H groups in total. The number of aryl methyl sites for hydroxylation is 1. The van der Waals surface area contributed by atoms with Gasteiger partial charge in [0.15, 0.2) is 5.11 Å². The molecule has 2 aromatic rings. The molecule has 0 spiro atoms. The van der Waals surface area contributed by atoms with Gasteiger partial charge in [0.1, 0.15) is 11.5 Å². The number of methoxy groups -OCH3 is 3. The highest BCUT2D eigenvalue weighted by Gasteiger charge is 2.10. The smallest absolute Gasteiger partial charge is 0.337 e. The van der Waals surface area contributed by atoms with Gasteiger partial charge >= 0.3 is 5.97 Å². The summed E-state index contributed by atoms with van der Waals surface area (Å²) >= 11 is 5.35. The Morgan fingerprint density at radius 2 is 1.60 bits per heavy atom. The molecule has 2 aromatic carbocycles. The lowest BCUT2D eigenvalue weighted by Crippen LogP contribution is -2.20. The number of esters is 1. The molecule has 0 aromatic heterocycles. The van der Waals surface area contributed by atoms with Crippen molar-refractivity contribution in [3.8, 4) is 11.5 Å². The highest BCUT2D eigenvalue weighted by atomic mass is 32.1. The number of anilines is 2. The molecule has 25 heavy (non-hydrogen) atoms. The average molecular weight is 360 g/mol. The van der Waals surface area contributed by atoms with E-state index in [1.807, 2.05) is 13.0 Å². The maximum atomic E-state index is 11.7. The van der Waals surface area contributed by atoms with Crippen LogP contribution in [0.3, 0.4) is 0 Å². The Hall–Kier alpha value is -2.80. The fraction of sp³-hybridized carbons (Fsp3) is 0.222. The lowest BCUT2D eigenvalue weighted by molar-refractivity contribution is 0.0601. The number of ether oxygens (including phenoxy) is 3. The van der Waals surface area contributed by atoms with Crippen LogP contribution in [0.25, 0.3) is 0 Å². The van der Waals surface area contributed by atoms with Crippen molar-refractivity contribution in [2.45, 2.75) is 6.92 Å². The lowest BCUT2D eigenvalue weighted by atomic mass is 10.1. The lowest BCUT2D eigenvalue weighted by Gasteiger charge is -2.15. The number of nitrogens with one attached hydrogen (secondary N) is 2. The third-order valence-corrected chi connectivity index (χ3v) is 3.72. The van der Waals surface area contributed by atoms with E-state index in [1.165, 1.54) is 7.11 Å². The minimum absolute atomic E-state index is 0.375. The van der Waals surface area contributed by atoms with Gasteiger partial charge in [0, 0.05) is 29.6 Å². The van der Waals surface area contributed by atoms with Gasteiger partial charge in [-0.1, -0.05) is 6.07 Å². The van der Waals surface area contributed by atoms with E-state index in [-0.39, 0.29) is 0 Å². The first-order chi connectivity index (χ1) is 12.0. The topological polar surface area (TPSA) is 68.8 Å². The van der Waals surface area contributed by atoms with Crippen molar-refractivity contribution >= 4 is 34.7 Å². The normalized spacial score (nSPS) is 9.92. The van der Waals surface area contributed by atoms with Gasteiger partial charge in [0.05, 0.1) is 26.9 Å². The van der Waals surface area contributed by atoms with Crippen LogP contribution in [-0.2, 0) is 4.74 Å². The zero-order chi connectivity index (χ0) is 18.4. The number of hydrogen-bond acceptors (Lipinski definition) is 5. The molecule has 7 heteroatoms. The Kier molecular flexibility index (Phi) is 6.19. The maximum absolute atomic E-state index is 11.7. The van der Waals surface area contributed by atoms with Crippen molar-refractivity contribution in [2.24, 2.45) is 0 Å². The van der Waals surface area contributed by atoms with Crippen LogP contribution in [0.1, 0.15) is 15.9 Å². The van der Waals surface area contributed by atoms with Crippen LogP contribution >= 0.6 is 12.2 Å². The van der Waals surface area contributed by atoms with E-state index in [0.29, 0.717) is 22.2 Å². The minimum Gasteiger partial charge on any atom is -0.497 e. The highest BCUT2D eigenvalue weighted by molar-refractivity contribution is 7.80. The Morgan fingerprint density at radius 1 is 0.960 bits per heavy atom. The maximum Gasteiger partial charge on any atom is 0.337 e. The first-order valence-electron chi connectivity index (χ1n) is 7.47. The monoisotopic (exact) mass is 360 g/mol. The van der Waals surface area contributed by atoms with Crippen LogP contribution in [0.4, 0.5) is 11.4 Å². The van der Waals surface area contributed by atoms with Gasteiger partial charge in [-0.05, 0) is 36.8 Å². The third-order valence-electron chi connectivity index (χ3n) is 3.52. The van der Waals surface area contributed by atoms with Crippen molar-refractivity contribution in [1.29, 1.82) is 0 Å².